The number of hydrogen-bond acceptors (Lipinski definition) is 4. The van der Waals surface area contributed by atoms with Crippen LogP contribution in [0.2, 0.25) is 0 Å². The van der Waals surface area contributed by atoms with Gasteiger partial charge in [0.1, 0.15) is 17.9 Å². The Balaban J connectivity index is 0.00000225. The first-order valence-corrected chi connectivity index (χ1v) is 9.42. The highest BCUT2D eigenvalue weighted by Gasteiger charge is 2.27. The Morgan fingerprint density at radius 2 is 1.93 bits per heavy atom. The molecule has 1 fully saturated rings. The Labute approximate surface area is 170 Å². The number of carbonyl (C=O) groups is 1. The van der Waals surface area contributed by atoms with Crippen molar-refractivity contribution in [2.45, 2.75) is 26.0 Å². The molecule has 5 nitrogen and oxygen atoms in total. The van der Waals surface area contributed by atoms with E-state index >= 15 is 0 Å². The summed E-state index contributed by atoms with van der Waals surface area (Å²) >= 11 is 0. The molecular formula is C22H25ClN2O3. The van der Waals surface area contributed by atoms with E-state index in [4.69, 9.17) is 9.15 Å². The minimum atomic E-state index is -0.182. The minimum Gasteiger partial charge on any atom is -0.489 e. The Bertz CT molecular complexity index is 926. The average Bonchev–Trinajstić information content (AvgIpc) is 3.08. The van der Waals surface area contributed by atoms with E-state index < -0.39 is 0 Å². The smallest absolute Gasteiger partial charge is 0.287 e. The zero-order valence-electron chi connectivity index (χ0n) is 15.8. The normalized spacial score (nSPS) is 19.0. The highest BCUT2D eigenvalue weighted by atomic mass is 35.5. The van der Waals surface area contributed by atoms with Crippen LogP contribution in [0.15, 0.2) is 59.0 Å². The number of rotatable bonds is 5. The number of carbonyl (C=O) groups excluding carboxylic acids is 1. The first-order valence-electron chi connectivity index (χ1n) is 9.42. The molecule has 0 saturated carbocycles. The monoisotopic (exact) mass is 400 g/mol. The number of furan rings is 1. The molecule has 2 atom stereocenters. The second-order valence-electron chi connectivity index (χ2n) is 7.06. The number of nitrogens with one attached hydrogen (secondary N) is 2. The molecule has 2 heterocycles. The maximum absolute atomic E-state index is 13.0. The summed E-state index contributed by atoms with van der Waals surface area (Å²) in [6.45, 7) is 4.23. The number of amides is 1. The molecule has 0 spiro atoms. The van der Waals surface area contributed by atoms with Crippen molar-refractivity contribution in [3.63, 3.8) is 0 Å². The minimum absolute atomic E-state index is 0. The van der Waals surface area contributed by atoms with Crippen molar-refractivity contribution in [1.29, 1.82) is 0 Å². The third kappa shape index (κ3) is 4.32. The zero-order valence-corrected chi connectivity index (χ0v) is 16.6. The van der Waals surface area contributed by atoms with Gasteiger partial charge in [-0.2, -0.15) is 0 Å². The van der Waals surface area contributed by atoms with Crippen molar-refractivity contribution in [3.05, 3.63) is 65.9 Å². The predicted octanol–water partition coefficient (Wildman–Crippen LogP) is 4.16. The topological polar surface area (TPSA) is 63.5 Å². The van der Waals surface area contributed by atoms with E-state index in [9.17, 15) is 4.79 Å². The van der Waals surface area contributed by atoms with Gasteiger partial charge in [-0.25, -0.2) is 0 Å². The van der Waals surface area contributed by atoms with Gasteiger partial charge in [0.05, 0.1) is 0 Å². The van der Waals surface area contributed by atoms with E-state index in [2.05, 4.69) is 17.6 Å². The number of ether oxygens (including phenoxy) is 1. The largest absolute Gasteiger partial charge is 0.489 e. The van der Waals surface area contributed by atoms with Gasteiger partial charge in [0.15, 0.2) is 5.76 Å². The third-order valence-electron chi connectivity index (χ3n) is 5.17. The summed E-state index contributed by atoms with van der Waals surface area (Å²) in [7, 11) is 0. The van der Waals surface area contributed by atoms with Crippen LogP contribution in [0.25, 0.3) is 11.0 Å². The lowest BCUT2D eigenvalue weighted by Gasteiger charge is -2.30. The second-order valence-corrected chi connectivity index (χ2v) is 7.06. The van der Waals surface area contributed by atoms with Crippen LogP contribution in [0.4, 0.5) is 0 Å². The van der Waals surface area contributed by atoms with Crippen LogP contribution in [0.1, 0.15) is 29.5 Å². The van der Waals surface area contributed by atoms with Gasteiger partial charge in [0, 0.05) is 23.5 Å². The lowest BCUT2D eigenvalue weighted by Crippen LogP contribution is -2.50. The van der Waals surface area contributed by atoms with Gasteiger partial charge in [-0.3, -0.25) is 4.79 Å². The van der Waals surface area contributed by atoms with Crippen LogP contribution in [0.3, 0.4) is 0 Å². The molecule has 0 bridgehead atoms. The number of benzene rings is 2. The Hall–Kier alpha value is -2.50. The Kier molecular flexibility index (Phi) is 6.60. The van der Waals surface area contributed by atoms with Crippen molar-refractivity contribution in [1.82, 2.24) is 10.6 Å². The number of piperidine rings is 1. The SMILES string of the molecule is CC1CCNCC1NC(=O)c1oc2ccccc2c1COc1ccccc1.Cl. The number of hydrogen-bond donors (Lipinski definition) is 2. The van der Waals surface area contributed by atoms with Gasteiger partial charge in [0.25, 0.3) is 5.91 Å². The quantitative estimate of drug-likeness (QED) is 0.675. The summed E-state index contributed by atoms with van der Waals surface area (Å²) in [5, 5.41) is 7.38. The van der Waals surface area contributed by atoms with Crippen LogP contribution in [-0.2, 0) is 6.61 Å². The van der Waals surface area contributed by atoms with Gasteiger partial charge in [-0.1, -0.05) is 43.3 Å². The fourth-order valence-corrected chi connectivity index (χ4v) is 3.51. The summed E-state index contributed by atoms with van der Waals surface area (Å²) in [6.07, 6.45) is 1.05. The summed E-state index contributed by atoms with van der Waals surface area (Å²) < 4.78 is 11.8. The fourth-order valence-electron chi connectivity index (χ4n) is 3.51. The molecule has 1 saturated heterocycles. The van der Waals surface area contributed by atoms with E-state index in [-0.39, 0.29) is 31.0 Å². The maximum atomic E-state index is 13.0. The summed E-state index contributed by atoms with van der Waals surface area (Å²) in [4.78, 5) is 13.0. The lowest BCUT2D eigenvalue weighted by molar-refractivity contribution is 0.0885. The second kappa shape index (κ2) is 9.13. The fraction of sp³-hybridized carbons (Fsp3) is 0.318. The predicted molar refractivity (Wildman–Crippen MR) is 112 cm³/mol. The standard InChI is InChI=1S/C22H24N2O3.ClH/c1-15-11-12-23-13-19(15)24-22(25)21-18(14-26-16-7-3-2-4-8-16)17-9-5-6-10-20(17)27-21;/h2-10,15,19,23H,11-14H2,1H3,(H,24,25);1H. The molecule has 2 aromatic carbocycles. The molecule has 1 aliphatic rings. The van der Waals surface area contributed by atoms with Gasteiger partial charge >= 0.3 is 0 Å². The lowest BCUT2D eigenvalue weighted by atomic mass is 9.94. The molecule has 0 aliphatic carbocycles. The Morgan fingerprint density at radius 1 is 1.18 bits per heavy atom. The average molecular weight is 401 g/mol. The van der Waals surface area contributed by atoms with E-state index in [1.807, 2.05) is 54.6 Å². The van der Waals surface area contributed by atoms with Crippen LogP contribution in [0.5, 0.6) is 5.75 Å². The van der Waals surface area contributed by atoms with Crippen LogP contribution < -0.4 is 15.4 Å². The molecule has 3 aromatic rings. The number of para-hydroxylation sites is 2. The first-order chi connectivity index (χ1) is 13.2. The van der Waals surface area contributed by atoms with Gasteiger partial charge in [0.2, 0.25) is 0 Å². The summed E-state index contributed by atoms with van der Waals surface area (Å²) in [5.74, 6) is 1.35. The molecule has 28 heavy (non-hydrogen) atoms. The van der Waals surface area contributed by atoms with Crippen molar-refractivity contribution in [2.24, 2.45) is 5.92 Å². The summed E-state index contributed by atoms with van der Waals surface area (Å²) in [6, 6.07) is 17.4. The highest BCUT2D eigenvalue weighted by molar-refractivity contribution is 5.99. The van der Waals surface area contributed by atoms with E-state index in [0.717, 1.165) is 36.2 Å². The van der Waals surface area contributed by atoms with Gasteiger partial charge in [-0.15, -0.1) is 12.4 Å². The van der Waals surface area contributed by atoms with Crippen LogP contribution in [-0.4, -0.2) is 25.0 Å². The van der Waals surface area contributed by atoms with Crippen LogP contribution in [0, 0.1) is 5.92 Å². The third-order valence-corrected chi connectivity index (χ3v) is 5.17. The summed E-state index contributed by atoms with van der Waals surface area (Å²) in [5.41, 5.74) is 1.48. The van der Waals surface area contributed by atoms with E-state index in [0.29, 0.717) is 17.3 Å². The van der Waals surface area contributed by atoms with Crippen molar-refractivity contribution < 1.29 is 13.9 Å². The molecule has 148 valence electrons. The molecular weight excluding hydrogens is 376 g/mol. The molecule has 1 amide bonds. The molecule has 2 N–H and O–H groups in total. The van der Waals surface area contributed by atoms with Gasteiger partial charge < -0.3 is 19.8 Å². The molecule has 6 heteroatoms. The first kappa shape index (κ1) is 20.2. The maximum Gasteiger partial charge on any atom is 0.287 e. The van der Waals surface area contributed by atoms with Gasteiger partial charge in [-0.05, 0) is 37.1 Å². The van der Waals surface area contributed by atoms with E-state index in [1.54, 1.807) is 0 Å². The zero-order chi connectivity index (χ0) is 18.6. The molecule has 0 radical (unpaired) electrons. The highest BCUT2D eigenvalue weighted by Crippen LogP contribution is 2.27. The van der Waals surface area contributed by atoms with Crippen LogP contribution >= 0.6 is 12.4 Å². The molecule has 4 rings (SSSR count). The Morgan fingerprint density at radius 3 is 2.71 bits per heavy atom. The van der Waals surface area contributed by atoms with Crippen molar-refractivity contribution in [2.75, 3.05) is 13.1 Å². The van der Waals surface area contributed by atoms with Crippen molar-refractivity contribution in [3.8, 4) is 5.75 Å². The van der Waals surface area contributed by atoms with E-state index in [1.165, 1.54) is 0 Å². The molecule has 2 unspecified atom stereocenters. The molecule has 1 aromatic heterocycles. The molecule has 1 aliphatic heterocycles. The number of fused-ring (bicyclic) bond motifs is 1. The van der Waals surface area contributed by atoms with Crippen molar-refractivity contribution >= 4 is 29.3 Å². The number of halogens is 1.